The summed E-state index contributed by atoms with van der Waals surface area (Å²) in [5.41, 5.74) is 3.60. The van der Waals surface area contributed by atoms with Crippen molar-refractivity contribution in [2.45, 2.75) is 97.4 Å². The highest BCUT2D eigenvalue weighted by Crippen LogP contribution is 2.19. The van der Waals surface area contributed by atoms with E-state index in [4.69, 9.17) is 4.55 Å². The minimum Gasteiger partial charge on any atom is -0.748 e. The third kappa shape index (κ3) is 19.4. The zero-order valence-electron chi connectivity index (χ0n) is 28.1. The van der Waals surface area contributed by atoms with Crippen LogP contribution in [-0.2, 0) is 26.8 Å². The van der Waals surface area contributed by atoms with Crippen molar-refractivity contribution in [3.8, 4) is 0 Å². The van der Waals surface area contributed by atoms with E-state index in [1.807, 2.05) is 4.90 Å². The molecule has 9 nitrogen and oxygen atoms in total. The van der Waals surface area contributed by atoms with Crippen LogP contribution in [0.5, 0.6) is 0 Å². The maximum Gasteiger partial charge on any atom is 0.264 e. The number of nitrogens with zero attached hydrogens (tertiary/aromatic N) is 3. The van der Waals surface area contributed by atoms with Crippen LogP contribution in [0.15, 0.2) is 48.8 Å². The fraction of sp³-hybridized carbons (Fsp3) is 0.629. The summed E-state index contributed by atoms with van der Waals surface area (Å²) in [7, 11) is -8.33. The van der Waals surface area contributed by atoms with E-state index >= 15 is 0 Å². The molecule has 1 N–H and O–H groups in total. The zero-order valence-corrected chi connectivity index (χ0v) is 29.7. The topological polar surface area (TPSA) is 122 Å². The van der Waals surface area contributed by atoms with Crippen LogP contribution in [0.2, 0.25) is 0 Å². The molecule has 1 aromatic heterocycles. The summed E-state index contributed by atoms with van der Waals surface area (Å²) in [5.74, 6) is -0.789. The molecule has 0 atom stereocenters. The van der Waals surface area contributed by atoms with Crippen LogP contribution in [0.3, 0.4) is 0 Å². The van der Waals surface area contributed by atoms with Crippen molar-refractivity contribution in [2.24, 2.45) is 0 Å². The summed E-state index contributed by atoms with van der Waals surface area (Å²) in [4.78, 5) is 4.51. The fourth-order valence-corrected chi connectivity index (χ4v) is 6.42. The Hall–Kier alpha value is -2.31. The van der Waals surface area contributed by atoms with Gasteiger partial charge in [0, 0.05) is 43.1 Å². The Balaban J connectivity index is 1.84. The van der Waals surface area contributed by atoms with E-state index in [1.54, 1.807) is 0 Å². The lowest BCUT2D eigenvalue weighted by Crippen LogP contribution is -2.34. The van der Waals surface area contributed by atoms with Gasteiger partial charge in [-0.15, -0.1) is 0 Å². The van der Waals surface area contributed by atoms with Crippen molar-refractivity contribution < 1.29 is 30.5 Å². The van der Waals surface area contributed by atoms with Gasteiger partial charge in [-0.05, 0) is 75.0 Å². The number of anilines is 1. The molecule has 0 aliphatic heterocycles. The summed E-state index contributed by atoms with van der Waals surface area (Å²) in [6.45, 7) is 9.02. The van der Waals surface area contributed by atoms with Crippen molar-refractivity contribution in [1.29, 1.82) is 0 Å². The Morgan fingerprint density at radius 3 is 1.67 bits per heavy atom. The van der Waals surface area contributed by atoms with Crippen molar-refractivity contribution in [3.63, 3.8) is 0 Å². The molecule has 0 unspecified atom stereocenters. The third-order valence-corrected chi connectivity index (χ3v) is 9.69. The lowest BCUT2D eigenvalue weighted by atomic mass is 10.1. The van der Waals surface area contributed by atoms with Crippen LogP contribution in [0.25, 0.3) is 12.2 Å². The first-order valence-electron chi connectivity index (χ1n) is 17.1. The predicted octanol–water partition coefficient (Wildman–Crippen LogP) is 6.41. The normalized spacial score (nSPS) is 12.4. The van der Waals surface area contributed by atoms with Gasteiger partial charge in [0.1, 0.15) is 6.54 Å². The smallest absolute Gasteiger partial charge is 0.264 e. The maximum atomic E-state index is 11.0. The van der Waals surface area contributed by atoms with Crippen LogP contribution in [0.1, 0.15) is 102 Å². The van der Waals surface area contributed by atoms with Crippen LogP contribution in [0.4, 0.5) is 5.69 Å². The Kier molecular flexibility index (Phi) is 19.3. The number of pyridine rings is 1. The highest BCUT2D eigenvalue weighted by atomic mass is 32.2. The minimum absolute atomic E-state index is 0.197. The average molecular weight is 680 g/mol. The average Bonchev–Trinajstić information content (AvgIpc) is 3.01. The van der Waals surface area contributed by atoms with Crippen LogP contribution >= 0.6 is 0 Å². The lowest BCUT2D eigenvalue weighted by molar-refractivity contribution is -0.697. The molecule has 0 saturated heterocycles. The van der Waals surface area contributed by atoms with E-state index < -0.39 is 26.0 Å². The molecular formula is C35H57N3O6S2. The molecule has 260 valence electrons. The van der Waals surface area contributed by atoms with Gasteiger partial charge >= 0.3 is 0 Å². The Morgan fingerprint density at radius 1 is 0.652 bits per heavy atom. The summed E-state index contributed by atoms with van der Waals surface area (Å²) >= 11 is 0. The van der Waals surface area contributed by atoms with Crippen molar-refractivity contribution >= 4 is 38.1 Å². The molecule has 1 heterocycles. The lowest BCUT2D eigenvalue weighted by Gasteiger charge is -2.25. The van der Waals surface area contributed by atoms with Crippen molar-refractivity contribution in [1.82, 2.24) is 4.90 Å². The fourth-order valence-electron chi connectivity index (χ4n) is 5.45. The number of aryl methyl sites for hydroxylation is 1. The first-order valence-corrected chi connectivity index (χ1v) is 20.3. The molecular weight excluding hydrogens is 623 g/mol. The van der Waals surface area contributed by atoms with Gasteiger partial charge in [-0.2, -0.15) is 8.42 Å². The molecule has 0 saturated carbocycles. The summed E-state index contributed by atoms with van der Waals surface area (Å²) < 4.78 is 66.0. The van der Waals surface area contributed by atoms with E-state index in [0.717, 1.165) is 38.0 Å². The number of benzene rings is 1. The number of unbranched alkanes of at least 4 members (excludes halogenated alkanes) is 7. The van der Waals surface area contributed by atoms with Crippen molar-refractivity contribution in [2.75, 3.05) is 49.1 Å². The van der Waals surface area contributed by atoms with Gasteiger partial charge in [0.05, 0.1) is 15.9 Å². The van der Waals surface area contributed by atoms with E-state index in [-0.39, 0.29) is 18.6 Å². The molecule has 2 aromatic rings. The minimum atomic E-state index is -4.29. The van der Waals surface area contributed by atoms with Gasteiger partial charge in [-0.1, -0.05) is 76.7 Å². The highest BCUT2D eigenvalue weighted by molar-refractivity contribution is 7.85. The van der Waals surface area contributed by atoms with E-state index in [1.165, 1.54) is 62.6 Å². The summed E-state index contributed by atoms with van der Waals surface area (Å²) in [5, 5.41) is 0. The molecule has 0 spiro atoms. The molecule has 0 radical (unpaired) electrons. The SMILES string of the molecule is CCCCCCN(CCCCCC)c1ccc(/C=C/c2cc[n+](CCCCN(CCCS(=O)(=O)[O-])CCCS(=O)(=O)O)cc2)cc1. The first-order chi connectivity index (χ1) is 22.0. The van der Waals surface area contributed by atoms with E-state index in [2.05, 4.69) is 84.3 Å². The van der Waals surface area contributed by atoms with Gasteiger partial charge in [0.25, 0.3) is 10.1 Å². The number of aromatic nitrogens is 1. The zero-order chi connectivity index (χ0) is 33.7. The molecule has 1 aromatic carbocycles. The maximum absolute atomic E-state index is 11.0. The Labute approximate surface area is 279 Å². The molecule has 11 heteroatoms. The summed E-state index contributed by atoms with van der Waals surface area (Å²) in [6.07, 6.45) is 20.7. The second-order valence-corrected chi connectivity index (χ2v) is 15.3. The van der Waals surface area contributed by atoms with Crippen LogP contribution < -0.4 is 9.47 Å². The van der Waals surface area contributed by atoms with Gasteiger partial charge < -0.3 is 14.4 Å². The number of hydrogen-bond acceptors (Lipinski definition) is 7. The molecule has 46 heavy (non-hydrogen) atoms. The first kappa shape index (κ1) is 39.9. The standard InChI is InChI=1S/C35H57N3O6S2/c1-3-5-7-9-27-38(28-10-8-6-4-2)35-19-17-33(18-20-35)15-16-34-21-29-37(30-22-34)24-12-11-23-36(25-13-31-45(39,40)41)26-14-32-46(42,43)44/h15-22,29-30H,3-14,23-28,31-32H2,1-2H3,(H-,39,40,41,42,43,44). The highest BCUT2D eigenvalue weighted by Gasteiger charge is 2.11. The number of hydrogen-bond donors (Lipinski definition) is 1. The molecule has 0 aliphatic carbocycles. The van der Waals surface area contributed by atoms with Crippen LogP contribution in [0, 0.1) is 0 Å². The van der Waals surface area contributed by atoms with E-state index in [9.17, 15) is 21.4 Å². The monoisotopic (exact) mass is 679 g/mol. The Bertz CT molecular complexity index is 1280. The Morgan fingerprint density at radius 2 is 1.15 bits per heavy atom. The largest absolute Gasteiger partial charge is 0.748 e. The van der Waals surface area contributed by atoms with Gasteiger partial charge in [-0.3, -0.25) is 4.55 Å². The molecule has 0 bridgehead atoms. The molecule has 2 rings (SSSR count). The second kappa shape index (κ2) is 22.3. The number of rotatable bonds is 26. The second-order valence-electron chi connectivity index (χ2n) is 12.2. The molecule has 0 aliphatic rings. The molecule has 0 fully saturated rings. The van der Waals surface area contributed by atoms with Crippen molar-refractivity contribution in [3.05, 3.63) is 59.9 Å². The molecule has 0 amide bonds. The van der Waals surface area contributed by atoms with E-state index in [0.29, 0.717) is 19.6 Å². The van der Waals surface area contributed by atoms with Gasteiger partial charge in [0.2, 0.25) is 0 Å². The summed E-state index contributed by atoms with van der Waals surface area (Å²) in [6, 6.07) is 13.1. The third-order valence-electron chi connectivity index (χ3n) is 8.09. The van der Waals surface area contributed by atoms with Gasteiger partial charge in [-0.25, -0.2) is 13.0 Å². The van der Waals surface area contributed by atoms with Crippen LogP contribution in [-0.4, -0.2) is 75.1 Å². The predicted molar refractivity (Wildman–Crippen MR) is 188 cm³/mol. The quantitative estimate of drug-likeness (QED) is 0.0688. The van der Waals surface area contributed by atoms with Gasteiger partial charge in [0.15, 0.2) is 12.4 Å².